The quantitative estimate of drug-likeness (QED) is 0.769. The third-order valence-corrected chi connectivity index (χ3v) is 2.29. The van der Waals surface area contributed by atoms with Crippen molar-refractivity contribution < 1.29 is 14.6 Å². The summed E-state index contributed by atoms with van der Waals surface area (Å²) in [5.41, 5.74) is 0.0889. The molecule has 0 saturated heterocycles. The highest BCUT2D eigenvalue weighted by Crippen LogP contribution is 2.20. The van der Waals surface area contributed by atoms with Crippen LogP contribution in [-0.2, 0) is 0 Å². The van der Waals surface area contributed by atoms with Gasteiger partial charge in [-0.2, -0.15) is 5.26 Å². The number of hydrogen-bond donors (Lipinski definition) is 2. The number of halogens is 2. The van der Waals surface area contributed by atoms with Crippen LogP contribution in [0.3, 0.4) is 0 Å². The Morgan fingerprint density at radius 1 is 1.47 bits per heavy atom. The van der Waals surface area contributed by atoms with Crippen molar-refractivity contribution in [1.82, 2.24) is 0 Å². The van der Waals surface area contributed by atoms with Crippen molar-refractivity contribution in [2.45, 2.75) is 12.2 Å². The molecule has 2 unspecified atom stereocenters. The summed E-state index contributed by atoms with van der Waals surface area (Å²) >= 11 is 5.34. The predicted molar refractivity (Wildman–Crippen MR) is 52.8 cm³/mol. The number of aliphatic hydroxyl groups excluding tert-OH is 2. The third kappa shape index (κ3) is 2.66. The van der Waals surface area contributed by atoms with Crippen LogP contribution in [0, 0.1) is 17.1 Å². The lowest BCUT2D eigenvalue weighted by Crippen LogP contribution is -2.19. The molecule has 0 amide bonds. The Labute approximate surface area is 91.3 Å². The number of rotatable bonds is 3. The van der Waals surface area contributed by atoms with Crippen LogP contribution in [0.4, 0.5) is 4.39 Å². The summed E-state index contributed by atoms with van der Waals surface area (Å²) in [6, 6.07) is 5.29. The van der Waals surface area contributed by atoms with E-state index in [0.29, 0.717) is 0 Å². The van der Waals surface area contributed by atoms with Crippen LogP contribution in [0.15, 0.2) is 18.2 Å². The number of aliphatic hydroxyl groups is 2. The van der Waals surface area contributed by atoms with Gasteiger partial charge in [0.1, 0.15) is 18.0 Å². The van der Waals surface area contributed by atoms with E-state index in [1.54, 1.807) is 6.07 Å². The number of benzene rings is 1. The standard InChI is InChI=1S/C10H9ClFNO2/c11-4-9(14)10(15)6-1-2-7(5-13)8(12)3-6/h1-3,9-10,14-15H,4H2. The fraction of sp³-hybridized carbons (Fsp3) is 0.300. The summed E-state index contributed by atoms with van der Waals surface area (Å²) < 4.78 is 13.1. The van der Waals surface area contributed by atoms with E-state index in [0.717, 1.165) is 6.07 Å². The van der Waals surface area contributed by atoms with Crippen molar-refractivity contribution in [3.05, 3.63) is 35.1 Å². The van der Waals surface area contributed by atoms with Crippen LogP contribution in [0.1, 0.15) is 17.2 Å². The normalized spacial score (nSPS) is 14.3. The molecule has 0 aromatic heterocycles. The second kappa shape index (κ2) is 5.08. The molecule has 0 saturated carbocycles. The number of nitriles is 1. The van der Waals surface area contributed by atoms with Crippen molar-refractivity contribution in [2.75, 3.05) is 5.88 Å². The molecule has 3 nitrogen and oxygen atoms in total. The van der Waals surface area contributed by atoms with E-state index in [1.165, 1.54) is 12.1 Å². The molecule has 0 heterocycles. The SMILES string of the molecule is N#Cc1ccc(C(O)C(O)CCl)cc1F. The molecule has 1 rings (SSSR count). The van der Waals surface area contributed by atoms with Crippen LogP contribution in [-0.4, -0.2) is 22.2 Å². The van der Waals surface area contributed by atoms with Crippen molar-refractivity contribution in [2.24, 2.45) is 0 Å². The van der Waals surface area contributed by atoms with Crippen molar-refractivity contribution >= 4 is 11.6 Å². The molecule has 1 aromatic rings. The van der Waals surface area contributed by atoms with E-state index >= 15 is 0 Å². The van der Waals surface area contributed by atoms with Crippen LogP contribution in [0.2, 0.25) is 0 Å². The molecule has 2 atom stereocenters. The largest absolute Gasteiger partial charge is 0.389 e. The van der Waals surface area contributed by atoms with E-state index in [2.05, 4.69) is 0 Å². The average molecular weight is 230 g/mol. The first kappa shape index (κ1) is 11.9. The smallest absolute Gasteiger partial charge is 0.141 e. The first-order valence-corrected chi connectivity index (χ1v) is 4.75. The molecule has 0 fully saturated rings. The average Bonchev–Trinajstić information content (AvgIpc) is 2.26. The third-order valence-electron chi connectivity index (χ3n) is 1.98. The Morgan fingerprint density at radius 3 is 2.60 bits per heavy atom. The highest BCUT2D eigenvalue weighted by Gasteiger charge is 2.18. The number of alkyl halides is 1. The first-order valence-electron chi connectivity index (χ1n) is 4.21. The summed E-state index contributed by atoms with van der Waals surface area (Å²) in [5.74, 6) is -0.876. The van der Waals surface area contributed by atoms with Gasteiger partial charge in [-0.25, -0.2) is 4.39 Å². The Morgan fingerprint density at radius 2 is 2.13 bits per heavy atom. The van der Waals surface area contributed by atoms with E-state index in [4.69, 9.17) is 16.9 Å². The van der Waals surface area contributed by atoms with Gasteiger partial charge in [0.25, 0.3) is 0 Å². The lowest BCUT2D eigenvalue weighted by atomic mass is 10.0. The molecule has 2 N–H and O–H groups in total. The minimum absolute atomic E-state index is 0.105. The molecular formula is C10H9ClFNO2. The van der Waals surface area contributed by atoms with Crippen LogP contribution < -0.4 is 0 Å². The van der Waals surface area contributed by atoms with Gasteiger partial charge in [0.05, 0.1) is 17.5 Å². The van der Waals surface area contributed by atoms with E-state index in [-0.39, 0.29) is 17.0 Å². The minimum atomic E-state index is -1.25. The topological polar surface area (TPSA) is 64.2 Å². The maximum atomic E-state index is 13.1. The maximum absolute atomic E-state index is 13.1. The summed E-state index contributed by atoms with van der Waals surface area (Å²) in [7, 11) is 0. The zero-order valence-electron chi connectivity index (χ0n) is 7.69. The molecule has 0 aliphatic heterocycles. The maximum Gasteiger partial charge on any atom is 0.141 e. The van der Waals surface area contributed by atoms with Gasteiger partial charge in [-0.1, -0.05) is 6.07 Å². The van der Waals surface area contributed by atoms with Crippen LogP contribution >= 0.6 is 11.6 Å². The number of nitrogens with zero attached hydrogens (tertiary/aromatic N) is 1. The van der Waals surface area contributed by atoms with E-state index < -0.39 is 18.0 Å². The zero-order valence-corrected chi connectivity index (χ0v) is 8.45. The Balaban J connectivity index is 2.98. The molecule has 0 bridgehead atoms. The fourth-order valence-electron chi connectivity index (χ4n) is 1.11. The molecule has 0 aliphatic rings. The molecule has 0 spiro atoms. The molecular weight excluding hydrogens is 221 g/mol. The lowest BCUT2D eigenvalue weighted by Gasteiger charge is -2.15. The van der Waals surface area contributed by atoms with Crippen LogP contribution in [0.5, 0.6) is 0 Å². The summed E-state index contributed by atoms with van der Waals surface area (Å²) in [4.78, 5) is 0. The van der Waals surface area contributed by atoms with Crippen LogP contribution in [0.25, 0.3) is 0 Å². The summed E-state index contributed by atoms with van der Waals surface area (Å²) in [5, 5.41) is 27.2. The van der Waals surface area contributed by atoms with Gasteiger partial charge in [0.15, 0.2) is 0 Å². The monoisotopic (exact) mass is 229 g/mol. The van der Waals surface area contributed by atoms with Gasteiger partial charge >= 0.3 is 0 Å². The highest BCUT2D eigenvalue weighted by molar-refractivity contribution is 6.18. The predicted octanol–water partition coefficient (Wildman–Crippen LogP) is 1.33. The second-order valence-electron chi connectivity index (χ2n) is 3.02. The minimum Gasteiger partial charge on any atom is -0.389 e. The Hall–Kier alpha value is -1.15. The molecule has 15 heavy (non-hydrogen) atoms. The van der Waals surface area contributed by atoms with Gasteiger partial charge in [-0.3, -0.25) is 0 Å². The van der Waals surface area contributed by atoms with Crippen molar-refractivity contribution in [3.63, 3.8) is 0 Å². The Bertz CT molecular complexity index is 391. The molecule has 5 heteroatoms. The van der Waals surface area contributed by atoms with Gasteiger partial charge in [-0.05, 0) is 17.7 Å². The fourth-order valence-corrected chi connectivity index (χ4v) is 1.28. The van der Waals surface area contributed by atoms with Crippen molar-refractivity contribution in [3.8, 4) is 6.07 Å². The number of hydrogen-bond acceptors (Lipinski definition) is 3. The van der Waals surface area contributed by atoms with Gasteiger partial charge in [-0.15, -0.1) is 11.6 Å². The molecule has 0 radical (unpaired) electrons. The summed E-state index contributed by atoms with van der Waals surface area (Å²) in [6.07, 6.45) is -2.40. The van der Waals surface area contributed by atoms with Gasteiger partial charge in [0, 0.05) is 0 Å². The van der Waals surface area contributed by atoms with E-state index in [1.807, 2.05) is 0 Å². The van der Waals surface area contributed by atoms with E-state index in [9.17, 15) is 14.6 Å². The lowest BCUT2D eigenvalue weighted by molar-refractivity contribution is 0.0325. The van der Waals surface area contributed by atoms with Crippen molar-refractivity contribution in [1.29, 1.82) is 5.26 Å². The summed E-state index contributed by atoms with van der Waals surface area (Å²) in [6.45, 7) is 0. The molecule has 80 valence electrons. The molecule has 1 aromatic carbocycles. The zero-order chi connectivity index (χ0) is 11.4. The van der Waals surface area contributed by atoms with Gasteiger partial charge < -0.3 is 10.2 Å². The first-order chi connectivity index (χ1) is 7.10. The van der Waals surface area contributed by atoms with Gasteiger partial charge in [0.2, 0.25) is 0 Å². The Kier molecular flexibility index (Phi) is 4.04. The molecule has 0 aliphatic carbocycles. The highest BCUT2D eigenvalue weighted by atomic mass is 35.5. The second-order valence-corrected chi connectivity index (χ2v) is 3.33.